The molecule has 158 valence electrons. The first-order valence-corrected chi connectivity index (χ1v) is 9.77. The molecule has 2 N–H and O–H groups in total. The van der Waals surface area contributed by atoms with Crippen molar-refractivity contribution in [2.45, 2.75) is 32.1 Å². The van der Waals surface area contributed by atoms with Gasteiger partial charge >= 0.3 is 6.09 Å². The van der Waals surface area contributed by atoms with Crippen molar-refractivity contribution in [3.63, 3.8) is 0 Å². The van der Waals surface area contributed by atoms with E-state index in [1.807, 2.05) is 24.3 Å². The quantitative estimate of drug-likeness (QED) is 0.611. The maximum Gasteiger partial charge on any atom is 0.415 e. The zero-order valence-electron chi connectivity index (χ0n) is 16.6. The van der Waals surface area contributed by atoms with Crippen molar-refractivity contribution in [1.29, 1.82) is 0 Å². The van der Waals surface area contributed by atoms with Gasteiger partial charge in [-0.05, 0) is 52.2 Å². The maximum atomic E-state index is 12.4. The van der Waals surface area contributed by atoms with Crippen LogP contribution in [-0.4, -0.2) is 61.0 Å². The van der Waals surface area contributed by atoms with Crippen LogP contribution in [0.15, 0.2) is 36.5 Å². The lowest BCUT2D eigenvalue weighted by atomic mass is 10.0. The summed E-state index contributed by atoms with van der Waals surface area (Å²) in [6.45, 7) is 1.44. The molecular weight excluding hydrogens is 402 g/mol. The molecule has 2 aliphatic heterocycles. The number of amides is 2. The lowest BCUT2D eigenvalue weighted by molar-refractivity contribution is -0.119. The van der Waals surface area contributed by atoms with E-state index in [0.717, 1.165) is 22.4 Å². The molecule has 0 bridgehead atoms. The van der Waals surface area contributed by atoms with Gasteiger partial charge in [0.05, 0.1) is 18.3 Å². The van der Waals surface area contributed by atoms with Crippen LogP contribution in [0.2, 0.25) is 0 Å². The highest BCUT2D eigenvalue weighted by molar-refractivity contribution is 5.94. The molecule has 2 atom stereocenters. The Morgan fingerprint density at radius 3 is 2.87 bits per heavy atom. The lowest BCUT2D eigenvalue weighted by Crippen LogP contribution is -2.40. The van der Waals surface area contributed by atoms with E-state index in [0.29, 0.717) is 24.6 Å². The molecule has 0 unspecified atom stereocenters. The lowest BCUT2D eigenvalue weighted by Gasteiger charge is -2.16. The van der Waals surface area contributed by atoms with Crippen LogP contribution in [0.25, 0.3) is 16.9 Å². The van der Waals surface area contributed by atoms with E-state index in [9.17, 15) is 14.7 Å². The Morgan fingerprint density at radius 2 is 2.13 bits per heavy atom. The zero-order valence-corrected chi connectivity index (χ0v) is 16.6. The van der Waals surface area contributed by atoms with Gasteiger partial charge in [-0.2, -0.15) is 4.68 Å². The van der Waals surface area contributed by atoms with Crippen LogP contribution in [0.4, 0.5) is 10.5 Å². The molecule has 3 aromatic rings. The summed E-state index contributed by atoms with van der Waals surface area (Å²) in [5.41, 5.74) is 3.73. The van der Waals surface area contributed by atoms with Crippen molar-refractivity contribution in [2.75, 3.05) is 11.4 Å². The normalized spacial score (nSPS) is 19.2. The van der Waals surface area contributed by atoms with Crippen LogP contribution >= 0.6 is 0 Å². The molecule has 2 aliphatic rings. The van der Waals surface area contributed by atoms with Gasteiger partial charge in [-0.1, -0.05) is 6.07 Å². The summed E-state index contributed by atoms with van der Waals surface area (Å²) in [5, 5.41) is 23.2. The number of fused-ring (bicyclic) bond motifs is 3. The van der Waals surface area contributed by atoms with Gasteiger partial charge in [-0.15, -0.1) is 5.10 Å². The second kappa shape index (κ2) is 7.43. The third-order valence-electron chi connectivity index (χ3n) is 5.50. The van der Waals surface area contributed by atoms with Gasteiger partial charge in [0.2, 0.25) is 5.91 Å². The van der Waals surface area contributed by atoms with E-state index >= 15 is 0 Å². The number of nitrogens with zero attached hydrogens (tertiary/aromatic N) is 6. The molecule has 0 radical (unpaired) electrons. The standard InChI is InChI=1S/C20H19N7O4/c1-11(29)21-9-17-16-7-14-6-12(2-4-15(14)26(16)20(30)31-17)13-3-5-18(22-8-13)27-19(10-28)23-24-25-27/h2-6,8,16-17,28H,7,9-10H2,1H3,(H,21,29)/t16-,17-/m0/s1. The van der Waals surface area contributed by atoms with Gasteiger partial charge in [0.15, 0.2) is 11.6 Å². The summed E-state index contributed by atoms with van der Waals surface area (Å²) in [6.07, 6.45) is 1.59. The minimum absolute atomic E-state index is 0.137. The van der Waals surface area contributed by atoms with Gasteiger partial charge in [0.25, 0.3) is 0 Å². The molecule has 1 aromatic carbocycles. The fourth-order valence-electron chi connectivity index (χ4n) is 4.04. The van der Waals surface area contributed by atoms with Crippen molar-refractivity contribution in [2.24, 2.45) is 0 Å². The molecule has 2 aromatic heterocycles. The number of anilines is 1. The Labute approximate surface area is 176 Å². The molecule has 11 heteroatoms. The molecule has 31 heavy (non-hydrogen) atoms. The van der Waals surface area contributed by atoms with Gasteiger partial charge in [0, 0.05) is 18.7 Å². The first kappa shape index (κ1) is 19.1. The smallest absolute Gasteiger partial charge is 0.415 e. The number of ether oxygens (including phenoxy) is 1. The molecule has 11 nitrogen and oxygen atoms in total. The first-order valence-electron chi connectivity index (χ1n) is 9.77. The fourth-order valence-corrected chi connectivity index (χ4v) is 4.04. The Morgan fingerprint density at radius 1 is 1.29 bits per heavy atom. The zero-order chi connectivity index (χ0) is 21.5. The second-order valence-corrected chi connectivity index (χ2v) is 7.41. The number of aromatic nitrogens is 5. The Kier molecular flexibility index (Phi) is 4.59. The van der Waals surface area contributed by atoms with Crippen molar-refractivity contribution in [3.05, 3.63) is 47.9 Å². The monoisotopic (exact) mass is 421 g/mol. The Bertz CT molecular complexity index is 1160. The highest BCUT2D eigenvalue weighted by atomic mass is 16.6. The van der Waals surface area contributed by atoms with Gasteiger partial charge in [-0.3, -0.25) is 9.69 Å². The number of carbonyl (C=O) groups excluding carboxylic acids is 2. The largest absolute Gasteiger partial charge is 0.442 e. The van der Waals surface area contributed by atoms with E-state index in [1.165, 1.54) is 11.6 Å². The SMILES string of the molecule is CC(=O)NC[C@@H]1OC(=O)N2c3ccc(-c4ccc(-n5nnnc5CO)nc4)cc3C[C@@H]12. The number of nitrogens with one attached hydrogen (secondary N) is 1. The van der Waals surface area contributed by atoms with Gasteiger partial charge in [0.1, 0.15) is 12.7 Å². The number of pyridine rings is 1. The number of hydrogen-bond donors (Lipinski definition) is 2. The third kappa shape index (κ3) is 3.28. The first-order chi connectivity index (χ1) is 15.0. The predicted octanol–water partition coefficient (Wildman–Crippen LogP) is 0.603. The van der Waals surface area contributed by atoms with Crippen molar-refractivity contribution < 1.29 is 19.4 Å². The minimum Gasteiger partial charge on any atom is -0.442 e. The molecule has 5 rings (SSSR count). The van der Waals surface area contributed by atoms with E-state index in [1.54, 1.807) is 17.2 Å². The molecular formula is C20H19N7O4. The second-order valence-electron chi connectivity index (χ2n) is 7.41. The maximum absolute atomic E-state index is 12.4. The van der Waals surface area contributed by atoms with Crippen LogP contribution in [0.5, 0.6) is 0 Å². The summed E-state index contributed by atoms with van der Waals surface area (Å²) >= 11 is 0. The van der Waals surface area contributed by atoms with Crippen LogP contribution in [0.1, 0.15) is 18.3 Å². The molecule has 0 saturated carbocycles. The Hall–Kier alpha value is -3.86. The van der Waals surface area contributed by atoms with Crippen molar-refractivity contribution in [3.8, 4) is 16.9 Å². The van der Waals surface area contributed by atoms with Crippen LogP contribution in [-0.2, 0) is 22.6 Å². The molecule has 4 heterocycles. The highest BCUT2D eigenvalue weighted by Gasteiger charge is 2.47. The highest BCUT2D eigenvalue weighted by Crippen LogP contribution is 2.40. The molecule has 1 fully saturated rings. The van der Waals surface area contributed by atoms with E-state index in [4.69, 9.17) is 4.74 Å². The average Bonchev–Trinajstić information content (AvgIpc) is 3.47. The van der Waals surface area contributed by atoms with Crippen molar-refractivity contribution >= 4 is 17.7 Å². The summed E-state index contributed by atoms with van der Waals surface area (Å²) in [7, 11) is 0. The van der Waals surface area contributed by atoms with Crippen LogP contribution in [0.3, 0.4) is 0 Å². The van der Waals surface area contributed by atoms with E-state index in [2.05, 4.69) is 25.8 Å². The van der Waals surface area contributed by atoms with E-state index < -0.39 is 0 Å². The topological polar surface area (TPSA) is 135 Å². The summed E-state index contributed by atoms with van der Waals surface area (Å²) < 4.78 is 6.82. The number of benzene rings is 1. The summed E-state index contributed by atoms with van der Waals surface area (Å²) in [4.78, 5) is 29.7. The van der Waals surface area contributed by atoms with Crippen LogP contribution in [0, 0.1) is 0 Å². The molecule has 2 amide bonds. The Balaban J connectivity index is 1.39. The molecule has 1 saturated heterocycles. The van der Waals surface area contributed by atoms with E-state index in [-0.39, 0.29) is 30.8 Å². The number of aliphatic hydroxyl groups is 1. The number of carbonyl (C=O) groups is 2. The third-order valence-corrected chi connectivity index (χ3v) is 5.50. The number of tetrazole rings is 1. The van der Waals surface area contributed by atoms with Gasteiger partial charge < -0.3 is 15.2 Å². The average molecular weight is 421 g/mol. The minimum atomic E-state index is -0.390. The van der Waals surface area contributed by atoms with Crippen molar-refractivity contribution in [1.82, 2.24) is 30.5 Å². The predicted molar refractivity (Wildman–Crippen MR) is 107 cm³/mol. The molecule has 0 spiro atoms. The molecule has 0 aliphatic carbocycles. The number of rotatable bonds is 5. The summed E-state index contributed by atoms with van der Waals surface area (Å²) in [6, 6.07) is 9.42. The van der Waals surface area contributed by atoms with Gasteiger partial charge in [-0.25, -0.2) is 9.78 Å². The number of hydrogen-bond acceptors (Lipinski definition) is 8. The number of aliphatic hydroxyl groups excluding tert-OH is 1. The van der Waals surface area contributed by atoms with Crippen LogP contribution < -0.4 is 10.2 Å². The fraction of sp³-hybridized carbons (Fsp3) is 0.300. The summed E-state index contributed by atoms with van der Waals surface area (Å²) in [5.74, 6) is 0.651. The number of cyclic esters (lactones) is 1.